The minimum Gasteiger partial charge on any atom is -0.314 e. The zero-order valence-corrected chi connectivity index (χ0v) is 10.7. The van der Waals surface area contributed by atoms with Gasteiger partial charge in [0.15, 0.2) is 0 Å². The number of hydrogen-bond acceptors (Lipinski definition) is 2. The second kappa shape index (κ2) is 5.00. The minimum absolute atomic E-state index is 0.762. The van der Waals surface area contributed by atoms with E-state index in [0.717, 1.165) is 12.6 Å². The monoisotopic (exact) mass is 221 g/mol. The SMILES string of the molecule is Cc1nn(CCCC2CCCN2)c(C)c1C. The van der Waals surface area contributed by atoms with Gasteiger partial charge in [-0.15, -0.1) is 0 Å². The molecule has 1 N–H and O–H groups in total. The summed E-state index contributed by atoms with van der Waals surface area (Å²) in [6, 6.07) is 0.762. The number of hydrogen-bond donors (Lipinski definition) is 1. The van der Waals surface area contributed by atoms with E-state index >= 15 is 0 Å². The Labute approximate surface area is 98.2 Å². The lowest BCUT2D eigenvalue weighted by Gasteiger charge is -2.10. The van der Waals surface area contributed by atoms with Crippen LogP contribution >= 0.6 is 0 Å². The molecular formula is C13H23N3. The van der Waals surface area contributed by atoms with E-state index in [9.17, 15) is 0 Å². The fourth-order valence-electron chi connectivity index (χ4n) is 2.49. The molecule has 0 aromatic carbocycles. The molecule has 1 aliphatic heterocycles. The first-order valence-corrected chi connectivity index (χ1v) is 6.42. The van der Waals surface area contributed by atoms with Crippen LogP contribution in [0.4, 0.5) is 0 Å². The summed E-state index contributed by atoms with van der Waals surface area (Å²) in [6.07, 6.45) is 5.23. The molecule has 0 spiro atoms. The number of rotatable bonds is 4. The molecule has 2 rings (SSSR count). The third-order valence-electron chi connectivity index (χ3n) is 3.83. The van der Waals surface area contributed by atoms with Crippen molar-refractivity contribution in [2.45, 2.75) is 59.0 Å². The molecule has 0 saturated carbocycles. The highest BCUT2D eigenvalue weighted by Gasteiger charge is 2.13. The molecule has 1 atom stereocenters. The Morgan fingerprint density at radius 1 is 1.38 bits per heavy atom. The molecule has 0 radical (unpaired) electrons. The van der Waals surface area contributed by atoms with Crippen molar-refractivity contribution in [3.05, 3.63) is 17.0 Å². The Morgan fingerprint density at radius 2 is 2.19 bits per heavy atom. The normalized spacial score (nSPS) is 20.6. The van der Waals surface area contributed by atoms with Crippen LogP contribution in [0.2, 0.25) is 0 Å². The van der Waals surface area contributed by atoms with Gasteiger partial charge < -0.3 is 5.32 Å². The van der Waals surface area contributed by atoms with Crippen molar-refractivity contribution in [1.29, 1.82) is 0 Å². The first-order chi connectivity index (χ1) is 7.68. The maximum absolute atomic E-state index is 4.57. The average molecular weight is 221 g/mol. The van der Waals surface area contributed by atoms with Crippen molar-refractivity contribution in [2.75, 3.05) is 6.54 Å². The second-order valence-electron chi connectivity index (χ2n) is 4.95. The zero-order chi connectivity index (χ0) is 11.5. The van der Waals surface area contributed by atoms with Crippen molar-refractivity contribution < 1.29 is 0 Å². The molecule has 1 aromatic heterocycles. The standard InChI is InChI=1S/C13H23N3/c1-10-11(2)15-16(12(10)3)9-5-7-13-6-4-8-14-13/h13-14H,4-9H2,1-3H3. The lowest BCUT2D eigenvalue weighted by Crippen LogP contribution is -2.21. The molecule has 1 unspecified atom stereocenters. The van der Waals surface area contributed by atoms with Crippen LogP contribution in [0.15, 0.2) is 0 Å². The highest BCUT2D eigenvalue weighted by Crippen LogP contribution is 2.14. The van der Waals surface area contributed by atoms with Gasteiger partial charge in [-0.1, -0.05) is 0 Å². The van der Waals surface area contributed by atoms with Crippen LogP contribution in [-0.2, 0) is 6.54 Å². The van der Waals surface area contributed by atoms with E-state index in [1.54, 1.807) is 0 Å². The van der Waals surface area contributed by atoms with Crippen LogP contribution in [0.3, 0.4) is 0 Å². The van der Waals surface area contributed by atoms with E-state index in [1.807, 2.05) is 0 Å². The Bertz CT molecular complexity index is 348. The molecule has 0 bridgehead atoms. The lowest BCUT2D eigenvalue weighted by atomic mass is 10.1. The zero-order valence-electron chi connectivity index (χ0n) is 10.7. The van der Waals surface area contributed by atoms with Gasteiger partial charge in [0.2, 0.25) is 0 Å². The van der Waals surface area contributed by atoms with Crippen molar-refractivity contribution in [1.82, 2.24) is 15.1 Å². The third-order valence-corrected chi connectivity index (χ3v) is 3.83. The van der Waals surface area contributed by atoms with Gasteiger partial charge in [0.25, 0.3) is 0 Å². The maximum Gasteiger partial charge on any atom is 0.0625 e. The maximum atomic E-state index is 4.57. The molecule has 0 aliphatic carbocycles. The van der Waals surface area contributed by atoms with Gasteiger partial charge in [-0.3, -0.25) is 4.68 Å². The van der Waals surface area contributed by atoms with Gasteiger partial charge in [-0.05, 0) is 58.6 Å². The van der Waals surface area contributed by atoms with Crippen molar-refractivity contribution >= 4 is 0 Å². The summed E-state index contributed by atoms with van der Waals surface area (Å²) in [5.74, 6) is 0. The van der Waals surface area contributed by atoms with E-state index in [4.69, 9.17) is 0 Å². The Hall–Kier alpha value is -0.830. The van der Waals surface area contributed by atoms with Crippen molar-refractivity contribution in [3.63, 3.8) is 0 Å². The summed E-state index contributed by atoms with van der Waals surface area (Å²) in [5.41, 5.74) is 3.85. The molecule has 1 aromatic rings. The highest BCUT2D eigenvalue weighted by molar-refractivity contribution is 5.21. The van der Waals surface area contributed by atoms with Gasteiger partial charge in [-0.2, -0.15) is 5.10 Å². The Kier molecular flexibility index (Phi) is 3.64. The van der Waals surface area contributed by atoms with Gasteiger partial charge in [0.1, 0.15) is 0 Å². The molecule has 0 amide bonds. The predicted octanol–water partition coefficient (Wildman–Crippen LogP) is 2.34. The highest BCUT2D eigenvalue weighted by atomic mass is 15.3. The topological polar surface area (TPSA) is 29.9 Å². The summed E-state index contributed by atoms with van der Waals surface area (Å²) >= 11 is 0. The predicted molar refractivity (Wildman–Crippen MR) is 66.7 cm³/mol. The molecule has 1 aliphatic rings. The average Bonchev–Trinajstić information content (AvgIpc) is 2.85. The van der Waals surface area contributed by atoms with Crippen molar-refractivity contribution in [3.8, 4) is 0 Å². The van der Waals surface area contributed by atoms with Crippen LogP contribution in [0.5, 0.6) is 0 Å². The summed E-state index contributed by atoms with van der Waals surface area (Å²) < 4.78 is 2.17. The van der Waals surface area contributed by atoms with Gasteiger partial charge >= 0.3 is 0 Å². The van der Waals surface area contributed by atoms with Crippen LogP contribution < -0.4 is 5.32 Å². The molecule has 3 heteroatoms. The Balaban J connectivity index is 1.82. The first-order valence-electron chi connectivity index (χ1n) is 6.42. The Morgan fingerprint density at radius 3 is 2.75 bits per heavy atom. The largest absolute Gasteiger partial charge is 0.314 e. The molecule has 1 saturated heterocycles. The smallest absolute Gasteiger partial charge is 0.0625 e. The summed E-state index contributed by atoms with van der Waals surface area (Å²) in [4.78, 5) is 0. The summed E-state index contributed by atoms with van der Waals surface area (Å²) in [5, 5.41) is 8.11. The third kappa shape index (κ3) is 2.46. The van der Waals surface area contributed by atoms with Crippen LogP contribution in [0.1, 0.15) is 42.6 Å². The van der Waals surface area contributed by atoms with Gasteiger partial charge in [-0.25, -0.2) is 0 Å². The first kappa shape index (κ1) is 11.6. The molecule has 16 heavy (non-hydrogen) atoms. The summed E-state index contributed by atoms with van der Waals surface area (Å²) in [7, 11) is 0. The van der Waals surface area contributed by atoms with E-state index in [0.29, 0.717) is 0 Å². The van der Waals surface area contributed by atoms with E-state index in [2.05, 4.69) is 35.9 Å². The van der Waals surface area contributed by atoms with Gasteiger partial charge in [0.05, 0.1) is 5.69 Å². The van der Waals surface area contributed by atoms with Crippen LogP contribution in [0, 0.1) is 20.8 Å². The van der Waals surface area contributed by atoms with Crippen LogP contribution in [-0.4, -0.2) is 22.4 Å². The molecule has 3 nitrogen and oxygen atoms in total. The molecule has 1 fully saturated rings. The van der Waals surface area contributed by atoms with E-state index in [-0.39, 0.29) is 0 Å². The van der Waals surface area contributed by atoms with Crippen LogP contribution in [0.25, 0.3) is 0 Å². The molecular weight excluding hydrogens is 198 g/mol. The quantitative estimate of drug-likeness (QED) is 0.845. The fraction of sp³-hybridized carbons (Fsp3) is 0.769. The number of nitrogens with one attached hydrogen (secondary N) is 1. The number of nitrogens with zero attached hydrogens (tertiary/aromatic N) is 2. The molecule has 2 heterocycles. The van der Waals surface area contributed by atoms with E-state index < -0.39 is 0 Å². The second-order valence-corrected chi connectivity index (χ2v) is 4.95. The lowest BCUT2D eigenvalue weighted by molar-refractivity contribution is 0.478. The minimum atomic E-state index is 0.762. The number of aryl methyl sites for hydroxylation is 2. The fourth-order valence-corrected chi connectivity index (χ4v) is 2.49. The van der Waals surface area contributed by atoms with Gasteiger partial charge in [0, 0.05) is 18.3 Å². The summed E-state index contributed by atoms with van der Waals surface area (Å²) in [6.45, 7) is 8.70. The van der Waals surface area contributed by atoms with Crippen molar-refractivity contribution in [2.24, 2.45) is 0 Å². The number of aromatic nitrogens is 2. The molecule has 90 valence electrons. The van der Waals surface area contributed by atoms with E-state index in [1.165, 1.54) is 49.2 Å².